The Morgan fingerprint density at radius 2 is 1.84 bits per heavy atom. The number of pyridine rings is 2. The number of aromatic nitrogens is 4. The number of nitrogens with zero attached hydrogens (tertiary/aromatic N) is 6. The first kappa shape index (κ1) is 34.7. The van der Waals surface area contributed by atoms with Crippen LogP contribution < -0.4 is 21.2 Å². The molecule has 2 N–H and O–H groups in total. The molecule has 3 aromatic heterocycles. The molecule has 6 rings (SSSR count). The van der Waals surface area contributed by atoms with Crippen LogP contribution in [-0.4, -0.2) is 67.8 Å². The second-order valence-electron chi connectivity index (χ2n) is 13.9. The molecule has 4 heterocycles. The third kappa shape index (κ3) is 6.94. The lowest BCUT2D eigenvalue weighted by Gasteiger charge is -2.38. The van der Waals surface area contributed by atoms with Gasteiger partial charge in [-0.15, -0.1) is 0 Å². The third-order valence-corrected chi connectivity index (χ3v) is 9.01. The van der Waals surface area contributed by atoms with Gasteiger partial charge in [-0.25, -0.2) is 14.1 Å². The Hall–Kier alpha value is -5.20. The molecule has 260 valence electrons. The van der Waals surface area contributed by atoms with E-state index in [4.69, 9.17) is 4.74 Å². The smallest absolute Gasteiger partial charge is 0.290 e. The number of ether oxygens (including phenoxy) is 1. The average Bonchev–Trinajstić information content (AvgIpc) is 3.05. The molecule has 11 nitrogen and oxygen atoms in total. The predicted octanol–water partition coefficient (Wildman–Crippen LogP) is 5.36. The second kappa shape index (κ2) is 13.6. The van der Waals surface area contributed by atoms with Crippen LogP contribution in [0.4, 0.5) is 15.9 Å². The fourth-order valence-corrected chi connectivity index (χ4v) is 6.41. The van der Waals surface area contributed by atoms with E-state index in [0.717, 1.165) is 19.6 Å². The van der Waals surface area contributed by atoms with Crippen molar-refractivity contribution in [3.05, 3.63) is 105 Å². The summed E-state index contributed by atoms with van der Waals surface area (Å²) < 4.78 is 24.3. The highest BCUT2D eigenvalue weighted by Crippen LogP contribution is 2.31. The molecule has 0 spiro atoms. The first-order valence-corrected chi connectivity index (χ1v) is 16.6. The Morgan fingerprint density at radius 1 is 1.06 bits per heavy atom. The molecule has 1 fully saturated rings. The average molecular weight is 680 g/mol. The van der Waals surface area contributed by atoms with Crippen molar-refractivity contribution in [1.82, 2.24) is 24.2 Å². The van der Waals surface area contributed by atoms with Crippen LogP contribution in [0.25, 0.3) is 27.7 Å². The first-order valence-electron chi connectivity index (χ1n) is 16.6. The summed E-state index contributed by atoms with van der Waals surface area (Å²) in [6.07, 6.45) is 6.13. The summed E-state index contributed by atoms with van der Waals surface area (Å²) in [5.41, 5.74) is 0.625. The summed E-state index contributed by atoms with van der Waals surface area (Å²) in [6.45, 7) is 10.5. The van der Waals surface area contributed by atoms with Crippen LogP contribution in [0, 0.1) is 5.82 Å². The SMILES string of the molecule is CN=CC(C)(C)c1cc(F)c2c(=O)n(-c3cccc(-c4cc(Nc5ccc(OC(C)(C)CN6CCC6)cn5)c(=O)n(C)n4)c3CO)ccc2c1. The van der Waals surface area contributed by atoms with Crippen molar-refractivity contribution < 1.29 is 14.2 Å². The van der Waals surface area contributed by atoms with Gasteiger partial charge in [0.2, 0.25) is 0 Å². The summed E-state index contributed by atoms with van der Waals surface area (Å²) >= 11 is 0. The van der Waals surface area contributed by atoms with Crippen LogP contribution in [0.5, 0.6) is 5.75 Å². The molecular weight excluding hydrogens is 637 g/mol. The van der Waals surface area contributed by atoms with Crippen molar-refractivity contribution in [2.75, 3.05) is 32.0 Å². The fourth-order valence-electron chi connectivity index (χ4n) is 6.41. The normalized spacial score (nSPS) is 13.9. The largest absolute Gasteiger partial charge is 0.485 e. The zero-order valence-electron chi connectivity index (χ0n) is 29.2. The number of halogens is 1. The van der Waals surface area contributed by atoms with E-state index in [2.05, 4.69) is 25.3 Å². The van der Waals surface area contributed by atoms with Crippen molar-refractivity contribution in [2.24, 2.45) is 12.0 Å². The van der Waals surface area contributed by atoms with Gasteiger partial charge in [-0.05, 0) is 86.8 Å². The Bertz CT molecular complexity index is 2200. The maximum atomic E-state index is 15.6. The van der Waals surface area contributed by atoms with Gasteiger partial charge in [-0.1, -0.05) is 26.0 Å². The van der Waals surface area contributed by atoms with E-state index in [9.17, 15) is 14.7 Å². The van der Waals surface area contributed by atoms with E-state index in [0.29, 0.717) is 45.0 Å². The van der Waals surface area contributed by atoms with Crippen LogP contribution >= 0.6 is 0 Å². The molecule has 0 radical (unpaired) electrons. The van der Waals surface area contributed by atoms with Gasteiger partial charge >= 0.3 is 0 Å². The Labute approximate surface area is 289 Å². The van der Waals surface area contributed by atoms with Gasteiger partial charge in [0, 0.05) is 49.6 Å². The molecule has 12 heteroatoms. The first-order chi connectivity index (χ1) is 23.8. The van der Waals surface area contributed by atoms with Crippen LogP contribution in [0.15, 0.2) is 81.6 Å². The molecular formula is C38H42FN7O4. The number of likely N-dealkylation sites (tertiary alicyclic amines) is 1. The van der Waals surface area contributed by atoms with Crippen molar-refractivity contribution >= 4 is 28.5 Å². The van der Waals surface area contributed by atoms with E-state index in [1.54, 1.807) is 74.2 Å². The third-order valence-electron chi connectivity index (χ3n) is 9.01. The lowest BCUT2D eigenvalue weighted by Crippen LogP contribution is -2.48. The molecule has 1 aliphatic rings. The quantitative estimate of drug-likeness (QED) is 0.179. The number of anilines is 2. The van der Waals surface area contributed by atoms with Crippen LogP contribution in [-0.2, 0) is 19.1 Å². The number of aliphatic hydroxyl groups is 1. The van der Waals surface area contributed by atoms with Crippen LogP contribution in [0.1, 0.15) is 45.2 Å². The molecule has 0 aliphatic carbocycles. The van der Waals surface area contributed by atoms with Gasteiger partial charge in [0.1, 0.15) is 28.7 Å². The zero-order chi connectivity index (χ0) is 35.8. The number of aryl methyl sites for hydroxylation is 1. The Kier molecular flexibility index (Phi) is 9.43. The molecule has 1 aliphatic heterocycles. The molecule has 2 aromatic carbocycles. The second-order valence-corrected chi connectivity index (χ2v) is 13.9. The summed E-state index contributed by atoms with van der Waals surface area (Å²) in [4.78, 5) is 37.9. The van der Waals surface area contributed by atoms with Gasteiger partial charge in [0.05, 0.1) is 29.6 Å². The topological polar surface area (TPSA) is 127 Å². The molecule has 0 unspecified atom stereocenters. The van der Waals surface area contributed by atoms with E-state index >= 15 is 4.39 Å². The van der Waals surface area contributed by atoms with E-state index in [1.807, 2.05) is 27.7 Å². The summed E-state index contributed by atoms with van der Waals surface area (Å²) in [6, 6.07) is 15.1. The minimum absolute atomic E-state index is 0.0647. The van der Waals surface area contributed by atoms with Crippen molar-refractivity contribution in [2.45, 2.75) is 51.7 Å². The Balaban J connectivity index is 1.32. The maximum Gasteiger partial charge on any atom is 0.290 e. The fraction of sp³-hybridized carbons (Fsp3) is 0.342. The highest BCUT2D eigenvalue weighted by molar-refractivity contribution is 5.85. The highest BCUT2D eigenvalue weighted by Gasteiger charge is 2.27. The molecule has 0 atom stereocenters. The van der Waals surface area contributed by atoms with Gasteiger partial charge in [-0.3, -0.25) is 24.0 Å². The van der Waals surface area contributed by atoms with Crippen molar-refractivity contribution in [1.29, 1.82) is 0 Å². The lowest BCUT2D eigenvalue weighted by atomic mass is 9.85. The minimum atomic E-state index is -0.643. The number of aliphatic imine (C=N–C) groups is 1. The number of hydrogen-bond acceptors (Lipinski definition) is 9. The monoisotopic (exact) mass is 679 g/mol. The van der Waals surface area contributed by atoms with Crippen molar-refractivity contribution in [3.8, 4) is 22.7 Å². The predicted molar refractivity (Wildman–Crippen MR) is 195 cm³/mol. The van der Waals surface area contributed by atoms with Crippen LogP contribution in [0.2, 0.25) is 0 Å². The Morgan fingerprint density at radius 3 is 2.50 bits per heavy atom. The number of fused-ring (bicyclic) bond motifs is 1. The molecule has 1 saturated heterocycles. The zero-order valence-corrected chi connectivity index (χ0v) is 29.2. The number of rotatable bonds is 11. The summed E-state index contributed by atoms with van der Waals surface area (Å²) in [7, 11) is 3.19. The van der Waals surface area contributed by atoms with Gasteiger partial charge in [0.25, 0.3) is 11.1 Å². The minimum Gasteiger partial charge on any atom is -0.485 e. The lowest BCUT2D eigenvalue weighted by molar-refractivity contribution is 0.0350. The summed E-state index contributed by atoms with van der Waals surface area (Å²) in [5.74, 6) is 0.407. The van der Waals surface area contributed by atoms with Gasteiger partial charge in [0.15, 0.2) is 0 Å². The van der Waals surface area contributed by atoms with E-state index < -0.39 is 23.4 Å². The number of nitrogens with one attached hydrogen (secondary N) is 1. The standard InChI is InChI=1S/C38H42FN7O4/c1-37(2,22-40-5)25-17-24-13-16-46(36(49)34(24)29(39)18-25)32-10-7-9-27(28(32)21-47)30-19-31(35(48)44(6)43-30)42-33-12-11-26(20-41-33)50-38(3,4)23-45-14-8-15-45/h7,9-13,16-20,22,47H,8,14-15,21,23H2,1-6H3,(H,41,42). The highest BCUT2D eigenvalue weighted by atomic mass is 19.1. The number of hydrogen-bond donors (Lipinski definition) is 2. The summed E-state index contributed by atoms with van der Waals surface area (Å²) in [5, 5.41) is 18.6. The van der Waals surface area contributed by atoms with Gasteiger partial charge < -0.3 is 15.2 Å². The van der Waals surface area contributed by atoms with Crippen molar-refractivity contribution in [3.63, 3.8) is 0 Å². The molecule has 0 amide bonds. The molecule has 0 bridgehead atoms. The van der Waals surface area contributed by atoms with E-state index in [1.165, 1.54) is 28.8 Å². The molecule has 5 aromatic rings. The van der Waals surface area contributed by atoms with E-state index in [-0.39, 0.29) is 22.2 Å². The molecule has 50 heavy (non-hydrogen) atoms. The van der Waals surface area contributed by atoms with Crippen LogP contribution in [0.3, 0.4) is 0 Å². The number of aliphatic hydroxyl groups excluding tert-OH is 1. The number of benzene rings is 2. The van der Waals surface area contributed by atoms with Gasteiger partial charge in [-0.2, -0.15) is 5.10 Å². The molecule has 0 saturated carbocycles. The maximum absolute atomic E-state index is 15.6.